The van der Waals surface area contributed by atoms with Crippen LogP contribution in [0.2, 0.25) is 5.02 Å². The van der Waals surface area contributed by atoms with Gasteiger partial charge in [0.25, 0.3) is 0 Å². The average Bonchev–Trinajstić information content (AvgIpc) is 3.06. The molecule has 1 aliphatic heterocycles. The van der Waals surface area contributed by atoms with Crippen molar-refractivity contribution in [1.82, 2.24) is 19.9 Å². The van der Waals surface area contributed by atoms with E-state index in [4.69, 9.17) is 21.4 Å². The fourth-order valence-corrected chi connectivity index (χ4v) is 2.81. The first-order valence-electron chi connectivity index (χ1n) is 7.60. The number of halogens is 1. The van der Waals surface area contributed by atoms with Gasteiger partial charge in [0.15, 0.2) is 0 Å². The lowest BCUT2D eigenvalue weighted by Gasteiger charge is -2.35. The van der Waals surface area contributed by atoms with Crippen LogP contribution in [0.25, 0.3) is 11.4 Å². The molecule has 1 aromatic heterocycles. The lowest BCUT2D eigenvalue weighted by atomic mass is 10.2. The summed E-state index contributed by atoms with van der Waals surface area (Å²) in [6.07, 6.45) is 0. The molecule has 3 rings (SSSR count). The number of piperazine rings is 1. The number of hydrogen-bond donors (Lipinski definition) is 0. The van der Waals surface area contributed by atoms with E-state index in [1.165, 1.54) is 0 Å². The maximum absolute atomic E-state index is 8.75. The zero-order chi connectivity index (χ0) is 16.2. The second kappa shape index (κ2) is 7.09. The predicted molar refractivity (Wildman–Crippen MR) is 86.8 cm³/mol. The molecule has 1 aromatic carbocycles. The van der Waals surface area contributed by atoms with E-state index in [0.29, 0.717) is 23.3 Å². The number of benzene rings is 1. The Hall–Kier alpha value is -1.94. The van der Waals surface area contributed by atoms with E-state index in [0.717, 1.165) is 31.7 Å². The highest BCUT2D eigenvalue weighted by atomic mass is 35.5. The van der Waals surface area contributed by atoms with Crippen LogP contribution in [0.3, 0.4) is 0 Å². The van der Waals surface area contributed by atoms with Gasteiger partial charge < -0.3 is 4.52 Å². The van der Waals surface area contributed by atoms with Crippen LogP contribution in [-0.2, 0) is 0 Å². The van der Waals surface area contributed by atoms with Gasteiger partial charge in [-0.25, -0.2) is 0 Å². The Bertz CT molecular complexity index is 685. The smallest absolute Gasteiger partial charge is 0.244 e. The predicted octanol–water partition coefficient (Wildman–Crippen LogP) is 2.59. The number of aromatic nitrogens is 2. The van der Waals surface area contributed by atoms with Crippen molar-refractivity contribution in [2.75, 3.05) is 32.7 Å². The van der Waals surface area contributed by atoms with Crippen molar-refractivity contribution in [3.05, 3.63) is 35.2 Å². The largest absolute Gasteiger partial charge is 0.337 e. The fraction of sp³-hybridized carbons (Fsp3) is 0.438. The first kappa shape index (κ1) is 15.9. The Morgan fingerprint density at radius 1 is 1.26 bits per heavy atom. The van der Waals surface area contributed by atoms with Gasteiger partial charge in [-0.3, -0.25) is 9.80 Å². The Morgan fingerprint density at radius 3 is 2.61 bits per heavy atom. The van der Waals surface area contributed by atoms with Crippen molar-refractivity contribution in [3.8, 4) is 17.5 Å². The van der Waals surface area contributed by atoms with Gasteiger partial charge >= 0.3 is 0 Å². The minimum absolute atomic E-state index is 0.0628. The zero-order valence-electron chi connectivity index (χ0n) is 12.9. The van der Waals surface area contributed by atoms with Gasteiger partial charge in [-0.2, -0.15) is 10.2 Å². The van der Waals surface area contributed by atoms with Crippen molar-refractivity contribution < 1.29 is 4.52 Å². The number of nitriles is 1. The van der Waals surface area contributed by atoms with Crippen molar-refractivity contribution in [3.63, 3.8) is 0 Å². The van der Waals surface area contributed by atoms with E-state index < -0.39 is 0 Å². The molecule has 7 heteroatoms. The highest BCUT2D eigenvalue weighted by molar-refractivity contribution is 6.30. The summed E-state index contributed by atoms with van der Waals surface area (Å²) in [6.45, 7) is 6.11. The number of hydrogen-bond acceptors (Lipinski definition) is 6. The molecule has 6 nitrogen and oxygen atoms in total. The molecule has 120 valence electrons. The van der Waals surface area contributed by atoms with Gasteiger partial charge in [0.1, 0.15) is 0 Å². The van der Waals surface area contributed by atoms with E-state index in [2.05, 4.69) is 32.9 Å². The van der Waals surface area contributed by atoms with E-state index in [1.807, 2.05) is 24.3 Å². The van der Waals surface area contributed by atoms with Crippen LogP contribution in [0.1, 0.15) is 18.9 Å². The van der Waals surface area contributed by atoms with E-state index in [1.54, 1.807) is 0 Å². The van der Waals surface area contributed by atoms with Crippen LogP contribution in [0, 0.1) is 11.3 Å². The van der Waals surface area contributed by atoms with Crippen molar-refractivity contribution in [2.45, 2.75) is 13.0 Å². The lowest BCUT2D eigenvalue weighted by molar-refractivity contribution is 0.0955. The molecule has 1 saturated heterocycles. The van der Waals surface area contributed by atoms with Gasteiger partial charge in [-0.05, 0) is 31.2 Å². The summed E-state index contributed by atoms with van der Waals surface area (Å²) in [7, 11) is 0. The minimum atomic E-state index is 0.0628. The second-order valence-electron chi connectivity index (χ2n) is 5.61. The normalized spacial score (nSPS) is 17.8. The van der Waals surface area contributed by atoms with Gasteiger partial charge in [0, 0.05) is 36.8 Å². The standard InChI is InChI=1S/C16H18ClN5O/c1-12(22-10-8-21(7-6-18)9-11-22)16-19-15(20-23-16)13-2-4-14(17)5-3-13/h2-5,12H,7-11H2,1H3. The summed E-state index contributed by atoms with van der Waals surface area (Å²) in [5, 5.41) is 13.5. The van der Waals surface area contributed by atoms with Crippen molar-refractivity contribution in [1.29, 1.82) is 5.26 Å². The molecule has 0 saturated carbocycles. The highest BCUT2D eigenvalue weighted by Crippen LogP contribution is 2.24. The third-order valence-corrected chi connectivity index (χ3v) is 4.40. The van der Waals surface area contributed by atoms with Crippen molar-refractivity contribution in [2.24, 2.45) is 0 Å². The van der Waals surface area contributed by atoms with Crippen LogP contribution in [0.15, 0.2) is 28.8 Å². The molecule has 1 unspecified atom stereocenters. The van der Waals surface area contributed by atoms with Gasteiger partial charge in [0.2, 0.25) is 11.7 Å². The third kappa shape index (κ3) is 3.70. The Balaban J connectivity index is 1.66. The monoisotopic (exact) mass is 331 g/mol. The van der Waals surface area contributed by atoms with Gasteiger partial charge in [0.05, 0.1) is 18.7 Å². The molecule has 23 heavy (non-hydrogen) atoms. The first-order valence-corrected chi connectivity index (χ1v) is 7.98. The molecule has 0 amide bonds. The van der Waals surface area contributed by atoms with Crippen molar-refractivity contribution >= 4 is 11.6 Å². The van der Waals surface area contributed by atoms with Crippen LogP contribution < -0.4 is 0 Å². The Labute approximate surface area is 140 Å². The number of rotatable bonds is 4. The van der Waals surface area contributed by atoms with E-state index in [-0.39, 0.29) is 6.04 Å². The summed E-state index contributed by atoms with van der Waals surface area (Å²) in [5.74, 6) is 1.19. The summed E-state index contributed by atoms with van der Waals surface area (Å²) in [4.78, 5) is 8.96. The molecule has 1 atom stereocenters. The lowest BCUT2D eigenvalue weighted by Crippen LogP contribution is -2.47. The summed E-state index contributed by atoms with van der Waals surface area (Å²) in [5.41, 5.74) is 0.885. The summed E-state index contributed by atoms with van der Waals surface area (Å²) < 4.78 is 5.44. The quantitative estimate of drug-likeness (QED) is 0.802. The SMILES string of the molecule is CC(c1nc(-c2ccc(Cl)cc2)no1)N1CCN(CC#N)CC1. The average molecular weight is 332 g/mol. The maximum atomic E-state index is 8.75. The molecule has 0 bridgehead atoms. The molecule has 0 spiro atoms. The third-order valence-electron chi connectivity index (χ3n) is 4.15. The first-order chi connectivity index (χ1) is 11.2. The fourth-order valence-electron chi connectivity index (χ4n) is 2.69. The topological polar surface area (TPSA) is 69.2 Å². The molecule has 1 fully saturated rings. The molecule has 1 aliphatic rings. The molecule has 2 heterocycles. The zero-order valence-corrected chi connectivity index (χ0v) is 13.7. The van der Waals surface area contributed by atoms with Gasteiger partial charge in [-0.1, -0.05) is 16.8 Å². The molecular weight excluding hydrogens is 314 g/mol. The molecule has 0 radical (unpaired) electrons. The summed E-state index contributed by atoms with van der Waals surface area (Å²) in [6, 6.07) is 9.63. The Kier molecular flexibility index (Phi) is 4.91. The van der Waals surface area contributed by atoms with Crippen LogP contribution in [-0.4, -0.2) is 52.7 Å². The van der Waals surface area contributed by atoms with E-state index in [9.17, 15) is 0 Å². The Morgan fingerprint density at radius 2 is 1.96 bits per heavy atom. The molecule has 2 aromatic rings. The van der Waals surface area contributed by atoms with E-state index >= 15 is 0 Å². The summed E-state index contributed by atoms with van der Waals surface area (Å²) >= 11 is 5.90. The maximum Gasteiger partial charge on any atom is 0.244 e. The van der Waals surface area contributed by atoms with Gasteiger partial charge in [-0.15, -0.1) is 0 Å². The minimum Gasteiger partial charge on any atom is -0.337 e. The molecule has 0 N–H and O–H groups in total. The number of nitrogens with zero attached hydrogens (tertiary/aromatic N) is 5. The molecule has 0 aliphatic carbocycles. The van der Waals surface area contributed by atoms with Crippen LogP contribution >= 0.6 is 11.6 Å². The highest BCUT2D eigenvalue weighted by Gasteiger charge is 2.25. The van der Waals surface area contributed by atoms with Crippen LogP contribution in [0.5, 0.6) is 0 Å². The molecular formula is C16H18ClN5O. The van der Waals surface area contributed by atoms with Crippen LogP contribution in [0.4, 0.5) is 0 Å². The second-order valence-corrected chi connectivity index (χ2v) is 6.05.